The highest BCUT2D eigenvalue weighted by atomic mass is 19.4. The Morgan fingerprint density at radius 1 is 0.872 bits per heavy atom. The van der Waals surface area contributed by atoms with E-state index in [1.165, 1.54) is 17.0 Å². The monoisotopic (exact) mass is 535 g/mol. The van der Waals surface area contributed by atoms with Crippen molar-refractivity contribution in [3.05, 3.63) is 107 Å². The van der Waals surface area contributed by atoms with Crippen molar-refractivity contribution in [2.45, 2.75) is 38.9 Å². The molecule has 0 unspecified atom stereocenters. The van der Waals surface area contributed by atoms with Gasteiger partial charge in [-0.25, -0.2) is 0 Å². The number of carbonyl (C=O) groups is 2. The number of carbonyl (C=O) groups excluding carboxylic acids is 2. The summed E-state index contributed by atoms with van der Waals surface area (Å²) in [4.78, 5) is 33.3. The van der Waals surface area contributed by atoms with Crippen LogP contribution in [0.5, 0.6) is 0 Å². The van der Waals surface area contributed by atoms with Gasteiger partial charge < -0.3 is 14.8 Å². The first kappa shape index (κ1) is 28.0. The van der Waals surface area contributed by atoms with Crippen molar-refractivity contribution < 1.29 is 22.8 Å². The lowest BCUT2D eigenvalue weighted by atomic mass is 10.1. The fraction of sp³-hybridized carbons (Fsp3) is 0.290. The molecule has 0 fully saturated rings. The Labute approximate surface area is 226 Å². The summed E-state index contributed by atoms with van der Waals surface area (Å²) >= 11 is 0. The molecule has 39 heavy (non-hydrogen) atoms. The van der Waals surface area contributed by atoms with E-state index in [9.17, 15) is 22.8 Å². The number of hydrogen-bond acceptors (Lipinski definition) is 2. The summed E-state index contributed by atoms with van der Waals surface area (Å²) in [5, 5.41) is 1.09. The predicted molar refractivity (Wildman–Crippen MR) is 146 cm³/mol. The molecule has 0 radical (unpaired) electrons. The SMILES string of the molecule is CCCCN(CC(=O)N(CCc1c[nH]c2ccccc12)Cc1ccccc1)C(=O)c1cccc(C(F)(F)F)c1. The summed E-state index contributed by atoms with van der Waals surface area (Å²) in [6.07, 6.45) is -0.601. The summed E-state index contributed by atoms with van der Waals surface area (Å²) in [6, 6.07) is 21.9. The number of rotatable bonds is 11. The molecule has 2 amide bonds. The van der Waals surface area contributed by atoms with Crippen LogP contribution >= 0.6 is 0 Å². The number of unbranched alkanes of at least 4 members (excludes halogenated alkanes) is 1. The van der Waals surface area contributed by atoms with E-state index in [0.717, 1.165) is 40.6 Å². The van der Waals surface area contributed by atoms with Gasteiger partial charge >= 0.3 is 6.18 Å². The second-order valence-corrected chi connectivity index (χ2v) is 9.57. The van der Waals surface area contributed by atoms with Crippen LogP contribution in [0.25, 0.3) is 10.9 Å². The Morgan fingerprint density at radius 2 is 1.62 bits per heavy atom. The Kier molecular flexibility index (Phi) is 9.07. The lowest BCUT2D eigenvalue weighted by Gasteiger charge is -2.28. The van der Waals surface area contributed by atoms with Gasteiger partial charge in [0.25, 0.3) is 5.91 Å². The van der Waals surface area contributed by atoms with Crippen molar-refractivity contribution >= 4 is 22.7 Å². The number of halogens is 3. The molecule has 0 aliphatic carbocycles. The molecule has 4 rings (SSSR count). The molecule has 0 saturated heterocycles. The second-order valence-electron chi connectivity index (χ2n) is 9.57. The molecular weight excluding hydrogens is 503 g/mol. The number of alkyl halides is 3. The Morgan fingerprint density at radius 3 is 2.36 bits per heavy atom. The van der Waals surface area contributed by atoms with Crippen LogP contribution in [-0.4, -0.2) is 46.2 Å². The molecule has 0 aliphatic heterocycles. The number of nitrogens with one attached hydrogen (secondary N) is 1. The van der Waals surface area contributed by atoms with Crippen molar-refractivity contribution in [2.75, 3.05) is 19.6 Å². The minimum absolute atomic E-state index is 0.0814. The highest BCUT2D eigenvalue weighted by Gasteiger charge is 2.31. The first-order valence-corrected chi connectivity index (χ1v) is 13.1. The highest BCUT2D eigenvalue weighted by Crippen LogP contribution is 2.30. The van der Waals surface area contributed by atoms with Gasteiger partial charge in [-0.3, -0.25) is 9.59 Å². The van der Waals surface area contributed by atoms with E-state index >= 15 is 0 Å². The number of nitrogens with zero attached hydrogens (tertiary/aromatic N) is 2. The van der Waals surface area contributed by atoms with E-state index in [4.69, 9.17) is 0 Å². The minimum atomic E-state index is -4.56. The summed E-state index contributed by atoms with van der Waals surface area (Å²) in [5.74, 6) is -0.839. The maximum atomic E-state index is 13.7. The molecule has 8 heteroatoms. The molecule has 4 aromatic rings. The van der Waals surface area contributed by atoms with Crippen molar-refractivity contribution in [3.63, 3.8) is 0 Å². The molecule has 1 N–H and O–H groups in total. The van der Waals surface area contributed by atoms with Gasteiger partial charge in [-0.2, -0.15) is 13.2 Å². The zero-order chi connectivity index (χ0) is 27.8. The lowest BCUT2D eigenvalue weighted by Crippen LogP contribution is -2.43. The molecule has 1 heterocycles. The maximum absolute atomic E-state index is 13.7. The third-order valence-electron chi connectivity index (χ3n) is 6.73. The standard InChI is InChI=1S/C31H32F3N3O2/c1-2-3-17-37(30(39)24-12-9-13-26(19-24)31(32,33)34)22-29(38)36(21-23-10-5-4-6-11-23)18-16-25-20-35-28-15-8-7-14-27(25)28/h4-15,19-20,35H,2-3,16-18,21-22H2,1H3. The van der Waals surface area contributed by atoms with Gasteiger partial charge in [-0.05, 0) is 48.2 Å². The molecule has 0 atom stereocenters. The zero-order valence-corrected chi connectivity index (χ0v) is 21.9. The van der Waals surface area contributed by atoms with E-state index in [2.05, 4.69) is 4.98 Å². The number of amides is 2. The Bertz CT molecular complexity index is 1400. The molecule has 3 aromatic carbocycles. The number of fused-ring (bicyclic) bond motifs is 1. The smallest absolute Gasteiger partial charge is 0.361 e. The van der Waals surface area contributed by atoms with Crippen LogP contribution in [0.15, 0.2) is 85.1 Å². The molecule has 0 aliphatic rings. The number of hydrogen-bond donors (Lipinski definition) is 1. The molecule has 1 aromatic heterocycles. The van der Waals surface area contributed by atoms with Crippen LogP contribution in [0.1, 0.15) is 46.8 Å². The lowest BCUT2D eigenvalue weighted by molar-refractivity contribution is -0.137. The third-order valence-corrected chi connectivity index (χ3v) is 6.73. The maximum Gasteiger partial charge on any atom is 0.416 e. The summed E-state index contributed by atoms with van der Waals surface area (Å²) in [6.45, 7) is 2.81. The fourth-order valence-corrected chi connectivity index (χ4v) is 4.57. The average molecular weight is 536 g/mol. The van der Waals surface area contributed by atoms with Gasteiger partial charge in [0.15, 0.2) is 0 Å². The van der Waals surface area contributed by atoms with Crippen molar-refractivity contribution in [1.29, 1.82) is 0 Å². The van der Waals surface area contributed by atoms with Gasteiger partial charge in [-0.1, -0.05) is 67.9 Å². The van der Waals surface area contributed by atoms with E-state index in [0.29, 0.717) is 25.9 Å². The number of benzene rings is 3. The number of para-hydroxylation sites is 1. The third kappa shape index (κ3) is 7.28. The van der Waals surface area contributed by atoms with Gasteiger partial charge in [0.2, 0.25) is 5.91 Å². The van der Waals surface area contributed by atoms with Crippen LogP contribution in [-0.2, 0) is 23.9 Å². The van der Waals surface area contributed by atoms with Gasteiger partial charge in [0.05, 0.1) is 5.56 Å². The van der Waals surface area contributed by atoms with Gasteiger partial charge in [0.1, 0.15) is 6.54 Å². The van der Waals surface area contributed by atoms with Crippen LogP contribution in [0.4, 0.5) is 13.2 Å². The molecule has 204 valence electrons. The molecule has 5 nitrogen and oxygen atoms in total. The topological polar surface area (TPSA) is 56.4 Å². The van der Waals surface area contributed by atoms with Crippen LogP contribution in [0, 0.1) is 0 Å². The van der Waals surface area contributed by atoms with Crippen molar-refractivity contribution in [2.24, 2.45) is 0 Å². The van der Waals surface area contributed by atoms with Crippen molar-refractivity contribution in [1.82, 2.24) is 14.8 Å². The van der Waals surface area contributed by atoms with Crippen LogP contribution in [0.3, 0.4) is 0 Å². The number of aromatic nitrogens is 1. The second kappa shape index (κ2) is 12.7. The van der Waals surface area contributed by atoms with Gasteiger partial charge in [0, 0.05) is 42.3 Å². The first-order chi connectivity index (χ1) is 18.8. The number of H-pyrrole nitrogens is 1. The summed E-state index contributed by atoms with van der Waals surface area (Å²) in [5.41, 5.74) is 2.08. The molecule has 0 bridgehead atoms. The Hall–Kier alpha value is -4.07. The van der Waals surface area contributed by atoms with E-state index in [1.807, 2.05) is 67.7 Å². The van der Waals surface area contributed by atoms with Crippen LogP contribution < -0.4 is 0 Å². The largest absolute Gasteiger partial charge is 0.416 e. The van der Waals surface area contributed by atoms with E-state index in [-0.39, 0.29) is 24.6 Å². The average Bonchev–Trinajstić information content (AvgIpc) is 3.36. The van der Waals surface area contributed by atoms with E-state index in [1.54, 1.807) is 4.90 Å². The summed E-state index contributed by atoms with van der Waals surface area (Å²) in [7, 11) is 0. The molecular formula is C31H32F3N3O2. The first-order valence-electron chi connectivity index (χ1n) is 13.1. The number of aromatic amines is 1. The normalized spacial score (nSPS) is 11.5. The molecule has 0 saturated carbocycles. The van der Waals surface area contributed by atoms with E-state index < -0.39 is 17.6 Å². The fourth-order valence-electron chi connectivity index (χ4n) is 4.57. The van der Waals surface area contributed by atoms with Crippen molar-refractivity contribution in [3.8, 4) is 0 Å². The quantitative estimate of drug-likeness (QED) is 0.232. The van der Waals surface area contributed by atoms with Gasteiger partial charge in [-0.15, -0.1) is 0 Å². The predicted octanol–water partition coefficient (Wildman–Crippen LogP) is 6.70. The summed E-state index contributed by atoms with van der Waals surface area (Å²) < 4.78 is 39.8. The Balaban J connectivity index is 1.55. The van der Waals surface area contributed by atoms with Crippen LogP contribution in [0.2, 0.25) is 0 Å². The zero-order valence-electron chi connectivity index (χ0n) is 21.9. The highest BCUT2D eigenvalue weighted by molar-refractivity contribution is 5.96. The minimum Gasteiger partial charge on any atom is -0.361 e. The molecule has 0 spiro atoms.